The third-order valence-corrected chi connectivity index (χ3v) is 12.0. The van der Waals surface area contributed by atoms with E-state index in [4.69, 9.17) is 9.44 Å². The van der Waals surface area contributed by atoms with Crippen molar-refractivity contribution in [3.63, 3.8) is 0 Å². The van der Waals surface area contributed by atoms with Crippen LogP contribution in [0.1, 0.15) is 43.0 Å². The molecule has 0 spiro atoms. The molecule has 0 saturated heterocycles. The van der Waals surface area contributed by atoms with E-state index < -0.39 is 49.5 Å². The summed E-state index contributed by atoms with van der Waals surface area (Å²) >= 11 is -2.41. The Morgan fingerprint density at radius 2 is 1.50 bits per heavy atom. The molecule has 7 N–H and O–H groups in total. The molecule has 20 nitrogen and oxygen atoms in total. The highest BCUT2D eigenvalue weighted by atomic mass is 32.2. The number of aromatic nitrogens is 4. The summed E-state index contributed by atoms with van der Waals surface area (Å²) in [7, 11) is -3.65. The van der Waals surface area contributed by atoms with Crippen molar-refractivity contribution in [2.45, 2.75) is 23.6 Å². The molecule has 0 aliphatic heterocycles. The number of fused-ring (bicyclic) bond motifs is 2. The van der Waals surface area contributed by atoms with Gasteiger partial charge in [-0.25, -0.2) is 5.26 Å². The van der Waals surface area contributed by atoms with Gasteiger partial charge in [0.05, 0.1) is 50.6 Å². The molecule has 5 aromatic carbocycles. The predicted molar refractivity (Wildman–Crippen MR) is 233 cm³/mol. The lowest BCUT2D eigenvalue weighted by Gasteiger charge is -2.26. The maximum atomic E-state index is 14.6. The van der Waals surface area contributed by atoms with Gasteiger partial charge in [0.1, 0.15) is 10.6 Å². The summed E-state index contributed by atoms with van der Waals surface area (Å²) in [4.78, 5) is 54.5. The molecule has 0 saturated carbocycles. The zero-order valence-electron chi connectivity index (χ0n) is 33.1. The number of ketones is 2. The zero-order chi connectivity index (χ0) is 45.6. The Hall–Kier alpha value is -7.09. The van der Waals surface area contributed by atoms with E-state index in [1.807, 2.05) is 32.0 Å². The summed E-state index contributed by atoms with van der Waals surface area (Å²) in [6.07, 6.45) is 0. The van der Waals surface area contributed by atoms with Crippen molar-refractivity contribution in [2.24, 2.45) is 7.05 Å². The molecule has 0 fully saturated rings. The molecule has 1 unspecified atom stereocenters. The van der Waals surface area contributed by atoms with Gasteiger partial charge in [-0.05, 0) is 66.9 Å². The molecule has 2 heterocycles. The van der Waals surface area contributed by atoms with E-state index in [-0.39, 0.29) is 83.9 Å². The van der Waals surface area contributed by atoms with Gasteiger partial charge in [-0.3, -0.25) is 23.5 Å². The van der Waals surface area contributed by atoms with E-state index in [0.29, 0.717) is 17.7 Å². The fraction of sp³-hybridized carbons (Fsp3) is 0.0732. The van der Waals surface area contributed by atoms with Crippen molar-refractivity contribution in [3.8, 4) is 22.9 Å². The second-order valence-electron chi connectivity index (χ2n) is 14.0. The number of rotatable bonds is 14. The highest BCUT2D eigenvalue weighted by Gasteiger charge is 2.34. The third kappa shape index (κ3) is 8.27. The minimum atomic E-state index is -5.07. The number of aryl methyl sites for hydroxylation is 3. The summed E-state index contributed by atoms with van der Waals surface area (Å²) in [6, 6.07) is 21.6. The summed E-state index contributed by atoms with van der Waals surface area (Å²) < 4.78 is 67.6. The van der Waals surface area contributed by atoms with E-state index >= 15 is 0 Å². The Balaban J connectivity index is 1.30. The topological polar surface area (TPSA) is 291 Å². The number of hydrogen-bond acceptors (Lipinski definition) is 18. The van der Waals surface area contributed by atoms with Crippen molar-refractivity contribution < 1.29 is 55.2 Å². The minimum absolute atomic E-state index is 0.0168. The van der Waals surface area contributed by atoms with Crippen LogP contribution in [0.15, 0.2) is 106 Å². The van der Waals surface area contributed by atoms with Gasteiger partial charge in [0.2, 0.25) is 11.9 Å². The van der Waals surface area contributed by atoms with Crippen LogP contribution in [0.25, 0.3) is 22.0 Å². The smallest absolute Gasteiger partial charge is 0.357 e. The number of nitrogens with one attached hydrogen (secondary N) is 3. The first kappa shape index (κ1) is 43.6. The van der Waals surface area contributed by atoms with Gasteiger partial charge in [0, 0.05) is 34.8 Å². The number of hydrogen-bond donors (Lipinski definition) is 7. The van der Waals surface area contributed by atoms with Gasteiger partial charge in [0.25, 0.3) is 15.7 Å². The molecule has 23 heteroatoms. The van der Waals surface area contributed by atoms with Crippen molar-refractivity contribution in [1.82, 2.24) is 19.5 Å². The molecule has 1 aliphatic carbocycles. The average molecular weight is 926 g/mol. The molecule has 7 aromatic rings. The van der Waals surface area contributed by atoms with Crippen LogP contribution < -0.4 is 25.7 Å². The van der Waals surface area contributed by atoms with Crippen LogP contribution in [0, 0.1) is 13.8 Å². The molecule has 0 bridgehead atoms. The van der Waals surface area contributed by atoms with Gasteiger partial charge >= 0.3 is 17.4 Å². The van der Waals surface area contributed by atoms with Crippen LogP contribution in [0.4, 0.5) is 34.6 Å². The number of pyridine rings is 1. The molecular formula is C41H31N7O13S3. The Kier molecular flexibility index (Phi) is 11.7. The quantitative estimate of drug-likeness (QED) is 0.0146. The summed E-state index contributed by atoms with van der Waals surface area (Å²) in [5, 5.41) is 32.3. The monoisotopic (exact) mass is 925 g/mol. The Morgan fingerprint density at radius 3 is 2.19 bits per heavy atom. The molecule has 64 heavy (non-hydrogen) atoms. The molecule has 1 atom stereocenters. The largest absolute Gasteiger partial charge is 0.479 e. The summed E-state index contributed by atoms with van der Waals surface area (Å²) in [5.41, 5.74) is 1.60. The number of aromatic hydroxyl groups is 1. The average Bonchev–Trinajstić information content (AvgIpc) is 3.24. The number of anilines is 6. The van der Waals surface area contributed by atoms with Crippen molar-refractivity contribution >= 4 is 90.6 Å². The molecule has 1 aliphatic rings. The number of para-hydroxylation sites is 1. The van der Waals surface area contributed by atoms with Gasteiger partial charge in [-0.1, -0.05) is 59.6 Å². The fourth-order valence-electron chi connectivity index (χ4n) is 7.36. The van der Waals surface area contributed by atoms with Gasteiger partial charge in [0.15, 0.2) is 11.6 Å². The highest BCUT2D eigenvalue weighted by molar-refractivity contribution is 7.94. The lowest BCUT2D eigenvalue weighted by molar-refractivity contribution is -0.432. The summed E-state index contributed by atoms with van der Waals surface area (Å²) in [6.45, 7) is 3.68. The maximum Gasteiger partial charge on any atom is 0.357 e. The molecule has 326 valence electrons. The molecule has 0 radical (unpaired) electrons. The molecular weight excluding hydrogens is 895 g/mol. The Bertz CT molecular complexity index is 3290. The third-order valence-electron chi connectivity index (χ3n) is 10.1. The van der Waals surface area contributed by atoms with Crippen molar-refractivity contribution in [3.05, 3.63) is 135 Å². The molecule has 0 amide bonds. The second kappa shape index (κ2) is 17.2. The minimum Gasteiger partial charge on any atom is -0.479 e. The fourth-order valence-corrected chi connectivity index (χ4v) is 8.83. The first-order valence-corrected chi connectivity index (χ1v) is 21.7. The molecule has 8 rings (SSSR count). The lowest BCUT2D eigenvalue weighted by atomic mass is 9.80. The second-order valence-corrected chi connectivity index (χ2v) is 16.7. The lowest BCUT2D eigenvalue weighted by Crippen LogP contribution is -2.29. The first-order valence-electron chi connectivity index (χ1n) is 18.4. The Morgan fingerprint density at radius 1 is 0.812 bits per heavy atom. The van der Waals surface area contributed by atoms with Crippen LogP contribution in [0.2, 0.25) is 0 Å². The van der Waals surface area contributed by atoms with Crippen LogP contribution >= 0.6 is 12.0 Å². The number of benzene rings is 5. The van der Waals surface area contributed by atoms with Crippen LogP contribution in [-0.4, -0.2) is 63.2 Å². The number of carbonyl (C=O) groups is 2. The molecule has 2 aromatic heterocycles. The Labute approximate surface area is 368 Å². The van der Waals surface area contributed by atoms with Crippen LogP contribution in [0.5, 0.6) is 11.8 Å². The van der Waals surface area contributed by atoms with E-state index in [2.05, 4.69) is 40.3 Å². The van der Waals surface area contributed by atoms with Crippen LogP contribution in [0.3, 0.4) is 0 Å². The normalized spacial score (nSPS) is 12.4. The van der Waals surface area contributed by atoms with E-state index in [1.54, 1.807) is 18.2 Å². The van der Waals surface area contributed by atoms with E-state index in [9.17, 15) is 41.2 Å². The van der Waals surface area contributed by atoms with Gasteiger partial charge < -0.3 is 29.8 Å². The highest BCUT2D eigenvalue weighted by Crippen LogP contribution is 2.46. The van der Waals surface area contributed by atoms with Gasteiger partial charge in [-0.2, -0.15) is 27.6 Å². The van der Waals surface area contributed by atoms with Crippen molar-refractivity contribution in [2.75, 3.05) is 16.0 Å². The van der Waals surface area contributed by atoms with E-state index in [1.165, 1.54) is 60.1 Å². The first-order chi connectivity index (χ1) is 30.5. The number of carbonyl (C=O) groups excluding carboxylic acids is 2. The van der Waals surface area contributed by atoms with Gasteiger partial charge in [-0.15, -0.1) is 4.33 Å². The van der Waals surface area contributed by atoms with Crippen LogP contribution in [-0.2, 0) is 37.9 Å². The zero-order valence-corrected chi connectivity index (χ0v) is 35.6. The van der Waals surface area contributed by atoms with Crippen molar-refractivity contribution in [1.29, 1.82) is 0 Å². The SMILES string of the molecule is Cc1cccc(C)c1Nc1nc(O)nc(Nc2cc(Nc3ccc4c5c3C(=O)c3ccccc3-c5c(C(=O)c3cccc(OS(=O)O)c3)c(=O)n4C)c(SOOO)cc2S(=O)(=O)O)n1. The summed E-state index contributed by atoms with van der Waals surface area (Å²) in [5.74, 6) is -1.94. The standard InChI is InChI=1S/C41H31N7O13S3/c1-19-8-6-9-20(2)35(19)44-40-45-39(46-41(52)47-40)43-27-17-26(29(62-61-60-53)18-30(27)64(56,57)58)42-25-14-15-28-33-31(23-12-4-5-13-24(23)37(50)32(25)33)34(38(51)48(28)3)36(49)21-10-7-11-22(16-21)59-63(54)55/h4-18,42,53H,1-3H3,(H,54,55)(H,56,57,58)(H3,43,44,45,46,47,52). The maximum absolute atomic E-state index is 14.6. The predicted octanol–water partition coefficient (Wildman–Crippen LogP) is 6.91. The number of nitrogens with zero attached hydrogens (tertiary/aromatic N) is 4. The van der Waals surface area contributed by atoms with E-state index in [0.717, 1.165) is 17.2 Å².